The van der Waals surface area contributed by atoms with E-state index in [9.17, 15) is 5.11 Å². The predicted molar refractivity (Wildman–Crippen MR) is 52.3 cm³/mol. The molecule has 1 N–H and O–H groups in total. The minimum atomic E-state index is -0.0461. The van der Waals surface area contributed by atoms with E-state index in [0.29, 0.717) is 4.60 Å². The third-order valence-electron chi connectivity index (χ3n) is 1.69. The van der Waals surface area contributed by atoms with Gasteiger partial charge >= 0.3 is 0 Å². The predicted octanol–water partition coefficient (Wildman–Crippen LogP) is 2.85. The van der Waals surface area contributed by atoms with Gasteiger partial charge in [-0.3, -0.25) is 0 Å². The Kier molecular flexibility index (Phi) is 2.42. The van der Waals surface area contributed by atoms with Gasteiger partial charge in [0.25, 0.3) is 0 Å². The largest absolute Gasteiger partial charge is 0.505 e. The number of hydrogen-bond donors (Lipinski definition) is 1. The van der Waals surface area contributed by atoms with Gasteiger partial charge in [0, 0.05) is 11.8 Å². The van der Waals surface area contributed by atoms with Crippen LogP contribution in [0.2, 0.25) is 0 Å². The minimum absolute atomic E-state index is 0.0461. The maximum Gasteiger partial charge on any atom is 0.152 e. The molecule has 0 atom stereocenters. The molecule has 0 fully saturated rings. The van der Waals surface area contributed by atoms with Crippen LogP contribution >= 0.6 is 15.9 Å². The molecule has 1 heterocycles. The van der Waals surface area contributed by atoms with E-state index in [2.05, 4.69) is 41.7 Å². The van der Waals surface area contributed by atoms with Crippen molar-refractivity contribution in [3.05, 3.63) is 22.4 Å². The van der Waals surface area contributed by atoms with Crippen LogP contribution in [0, 0.1) is 0 Å². The summed E-state index contributed by atoms with van der Waals surface area (Å²) in [5, 5.41) is 9.62. The molecule has 0 aliphatic heterocycles. The van der Waals surface area contributed by atoms with Crippen LogP contribution in [-0.2, 0) is 5.41 Å². The first-order chi connectivity index (χ1) is 5.43. The van der Waals surface area contributed by atoms with E-state index in [1.807, 2.05) is 6.07 Å². The first-order valence-corrected chi connectivity index (χ1v) is 4.56. The van der Waals surface area contributed by atoms with Crippen molar-refractivity contribution in [2.24, 2.45) is 0 Å². The van der Waals surface area contributed by atoms with Gasteiger partial charge in [0.15, 0.2) is 5.75 Å². The fraction of sp³-hybridized carbons (Fsp3) is 0.444. The van der Waals surface area contributed by atoms with E-state index in [1.165, 1.54) is 0 Å². The molecule has 0 radical (unpaired) electrons. The molecule has 12 heavy (non-hydrogen) atoms. The van der Waals surface area contributed by atoms with Crippen LogP contribution in [0.3, 0.4) is 0 Å². The van der Waals surface area contributed by atoms with Gasteiger partial charge in [0.2, 0.25) is 0 Å². The van der Waals surface area contributed by atoms with Crippen LogP contribution in [0.1, 0.15) is 26.3 Å². The highest BCUT2D eigenvalue weighted by molar-refractivity contribution is 9.10. The van der Waals surface area contributed by atoms with Crippen LogP contribution in [0.15, 0.2) is 16.9 Å². The summed E-state index contributed by atoms with van der Waals surface area (Å²) < 4.78 is 0.509. The van der Waals surface area contributed by atoms with Crippen LogP contribution in [0.4, 0.5) is 0 Å². The summed E-state index contributed by atoms with van der Waals surface area (Å²) in [5.74, 6) is 0.241. The summed E-state index contributed by atoms with van der Waals surface area (Å²) in [7, 11) is 0. The molecule has 0 aliphatic rings. The number of rotatable bonds is 0. The molecule has 3 heteroatoms. The monoisotopic (exact) mass is 229 g/mol. The summed E-state index contributed by atoms with van der Waals surface area (Å²) in [6.45, 7) is 6.15. The van der Waals surface area contributed by atoms with Crippen molar-refractivity contribution < 1.29 is 5.11 Å². The van der Waals surface area contributed by atoms with E-state index in [4.69, 9.17) is 0 Å². The number of halogens is 1. The van der Waals surface area contributed by atoms with Crippen molar-refractivity contribution >= 4 is 15.9 Å². The van der Waals surface area contributed by atoms with Crippen LogP contribution in [0.25, 0.3) is 0 Å². The molecule has 1 rings (SSSR count). The van der Waals surface area contributed by atoms with E-state index < -0.39 is 0 Å². The Morgan fingerprint density at radius 3 is 2.42 bits per heavy atom. The molecular formula is C9H12BrNO. The zero-order chi connectivity index (χ0) is 9.35. The normalized spacial score (nSPS) is 11.7. The average Bonchev–Trinajstić information content (AvgIpc) is 1.92. The maximum atomic E-state index is 9.62. The Hall–Kier alpha value is -0.570. The second kappa shape index (κ2) is 3.05. The minimum Gasteiger partial charge on any atom is -0.505 e. The topological polar surface area (TPSA) is 33.1 Å². The third-order valence-corrected chi connectivity index (χ3v) is 2.27. The van der Waals surface area contributed by atoms with Crippen LogP contribution in [0.5, 0.6) is 5.75 Å². The van der Waals surface area contributed by atoms with Gasteiger partial charge in [-0.25, -0.2) is 4.98 Å². The Labute approximate surface area is 80.8 Å². The van der Waals surface area contributed by atoms with Gasteiger partial charge in [-0.1, -0.05) is 20.8 Å². The number of nitrogens with zero attached hydrogens (tertiary/aromatic N) is 1. The summed E-state index contributed by atoms with van der Waals surface area (Å²) in [6.07, 6.45) is 1.68. The highest BCUT2D eigenvalue weighted by atomic mass is 79.9. The van der Waals surface area contributed by atoms with Crippen molar-refractivity contribution in [3.63, 3.8) is 0 Å². The van der Waals surface area contributed by atoms with E-state index >= 15 is 0 Å². The summed E-state index contributed by atoms with van der Waals surface area (Å²) in [4.78, 5) is 3.92. The molecule has 2 nitrogen and oxygen atoms in total. The second-order valence-corrected chi connectivity index (χ2v) is 4.50. The lowest BCUT2D eigenvalue weighted by molar-refractivity contribution is 0.440. The third kappa shape index (κ3) is 1.78. The molecule has 0 unspecified atom stereocenters. The molecule has 1 aromatic heterocycles. The average molecular weight is 230 g/mol. The maximum absolute atomic E-state index is 9.62. The molecule has 1 aromatic rings. The molecule has 0 amide bonds. The Bertz CT molecular complexity index is 291. The SMILES string of the molecule is CC(C)(C)c1ccnc(Br)c1O. The zero-order valence-electron chi connectivity index (χ0n) is 7.43. The fourth-order valence-electron chi connectivity index (χ4n) is 1.03. The number of hydrogen-bond acceptors (Lipinski definition) is 2. The molecule has 66 valence electrons. The molecule has 0 saturated heterocycles. The molecule has 0 bridgehead atoms. The van der Waals surface area contributed by atoms with Crippen molar-refractivity contribution in [3.8, 4) is 5.75 Å². The highest BCUT2D eigenvalue weighted by Gasteiger charge is 2.19. The van der Waals surface area contributed by atoms with E-state index in [0.717, 1.165) is 5.56 Å². The standard InChI is InChI=1S/C9H12BrNO/c1-9(2,3)6-4-5-11-8(10)7(6)12/h4-5,12H,1-3H3. The lowest BCUT2D eigenvalue weighted by atomic mass is 9.87. The first kappa shape index (κ1) is 9.52. The summed E-state index contributed by atoms with van der Waals surface area (Å²) >= 11 is 3.18. The highest BCUT2D eigenvalue weighted by Crippen LogP contribution is 2.33. The summed E-state index contributed by atoms with van der Waals surface area (Å²) in [5.41, 5.74) is 0.861. The number of pyridine rings is 1. The quantitative estimate of drug-likeness (QED) is 0.695. The van der Waals surface area contributed by atoms with Crippen LogP contribution < -0.4 is 0 Å². The number of aromatic nitrogens is 1. The Balaban J connectivity index is 3.26. The van der Waals surface area contributed by atoms with Gasteiger partial charge in [-0.15, -0.1) is 0 Å². The second-order valence-electron chi connectivity index (χ2n) is 3.75. The Morgan fingerprint density at radius 1 is 1.42 bits per heavy atom. The van der Waals surface area contributed by atoms with Crippen molar-refractivity contribution in [1.29, 1.82) is 0 Å². The fourth-order valence-corrected chi connectivity index (χ4v) is 1.37. The molecule has 0 aliphatic carbocycles. The van der Waals surface area contributed by atoms with Gasteiger partial charge < -0.3 is 5.11 Å². The molecule has 0 aromatic carbocycles. The van der Waals surface area contributed by atoms with Gasteiger partial charge in [0.05, 0.1) is 0 Å². The van der Waals surface area contributed by atoms with E-state index in [-0.39, 0.29) is 11.2 Å². The van der Waals surface area contributed by atoms with Gasteiger partial charge in [-0.2, -0.15) is 0 Å². The zero-order valence-corrected chi connectivity index (χ0v) is 9.01. The van der Waals surface area contributed by atoms with Gasteiger partial charge in [0.1, 0.15) is 4.60 Å². The van der Waals surface area contributed by atoms with Crippen molar-refractivity contribution in [2.75, 3.05) is 0 Å². The summed E-state index contributed by atoms with van der Waals surface area (Å²) in [6, 6.07) is 1.83. The lowest BCUT2D eigenvalue weighted by Gasteiger charge is -2.20. The van der Waals surface area contributed by atoms with Crippen molar-refractivity contribution in [1.82, 2.24) is 4.98 Å². The molecular weight excluding hydrogens is 218 g/mol. The molecule has 0 saturated carbocycles. The van der Waals surface area contributed by atoms with Crippen molar-refractivity contribution in [2.45, 2.75) is 26.2 Å². The Morgan fingerprint density at radius 2 is 2.00 bits per heavy atom. The van der Waals surface area contributed by atoms with Crippen LogP contribution in [-0.4, -0.2) is 10.1 Å². The smallest absolute Gasteiger partial charge is 0.152 e. The van der Waals surface area contributed by atoms with Gasteiger partial charge in [-0.05, 0) is 27.4 Å². The number of aromatic hydroxyl groups is 1. The molecule has 0 spiro atoms. The first-order valence-electron chi connectivity index (χ1n) is 3.77. The lowest BCUT2D eigenvalue weighted by Crippen LogP contribution is -2.11. The van der Waals surface area contributed by atoms with E-state index in [1.54, 1.807) is 6.20 Å².